The number of alkyl halides is 4. The molecule has 1 aromatic carbocycles. The van der Waals surface area contributed by atoms with E-state index in [1.54, 1.807) is 0 Å². The molecule has 0 aliphatic heterocycles. The van der Waals surface area contributed by atoms with E-state index >= 15 is 0 Å². The van der Waals surface area contributed by atoms with Crippen molar-refractivity contribution in [3.05, 3.63) is 28.2 Å². The number of rotatable bonds is 5. The Morgan fingerprint density at radius 1 is 1.37 bits per heavy atom. The number of ether oxygens (including phenoxy) is 1. The van der Waals surface area contributed by atoms with Crippen LogP contribution in [0, 0.1) is 0 Å². The molecule has 0 radical (unpaired) electrons. The average Bonchev–Trinajstić information content (AvgIpc) is 2.34. The Morgan fingerprint density at radius 2 is 2.05 bits per heavy atom. The molecule has 0 spiro atoms. The van der Waals surface area contributed by atoms with Crippen molar-refractivity contribution in [2.24, 2.45) is 0 Å². The number of amides is 1. The second kappa shape index (κ2) is 6.74. The van der Waals surface area contributed by atoms with Crippen molar-refractivity contribution in [3.63, 3.8) is 0 Å². The van der Waals surface area contributed by atoms with Crippen LogP contribution in [-0.4, -0.2) is 31.9 Å². The van der Waals surface area contributed by atoms with Crippen LogP contribution < -0.4 is 10.1 Å². The predicted molar refractivity (Wildman–Crippen MR) is 64.0 cm³/mol. The smallest absolute Gasteiger partial charge is 0.422 e. The van der Waals surface area contributed by atoms with Gasteiger partial charge in [0.2, 0.25) is 0 Å². The van der Waals surface area contributed by atoms with Gasteiger partial charge in [-0.05, 0) is 34.1 Å². The average molecular weight is 344 g/mol. The maximum absolute atomic E-state index is 12.0. The zero-order valence-corrected chi connectivity index (χ0v) is 11.1. The highest BCUT2D eigenvalue weighted by Gasteiger charge is 2.28. The van der Waals surface area contributed by atoms with Gasteiger partial charge in [-0.15, -0.1) is 0 Å². The minimum atomic E-state index is -4.47. The first-order valence-corrected chi connectivity index (χ1v) is 5.96. The summed E-state index contributed by atoms with van der Waals surface area (Å²) in [5.41, 5.74) is 0.0915. The third-order valence-corrected chi connectivity index (χ3v) is 2.62. The lowest BCUT2D eigenvalue weighted by Gasteiger charge is -2.12. The van der Waals surface area contributed by atoms with Crippen molar-refractivity contribution in [1.29, 1.82) is 0 Å². The van der Waals surface area contributed by atoms with E-state index in [2.05, 4.69) is 26.0 Å². The van der Waals surface area contributed by atoms with Crippen molar-refractivity contribution in [2.45, 2.75) is 6.18 Å². The highest BCUT2D eigenvalue weighted by molar-refractivity contribution is 9.10. The van der Waals surface area contributed by atoms with Crippen LogP contribution >= 0.6 is 15.9 Å². The molecule has 0 aliphatic carbocycles. The quantitative estimate of drug-likeness (QED) is 0.834. The highest BCUT2D eigenvalue weighted by atomic mass is 79.9. The lowest BCUT2D eigenvalue weighted by molar-refractivity contribution is -0.153. The summed E-state index contributed by atoms with van der Waals surface area (Å²) in [6.45, 7) is -2.34. The molecule has 0 aromatic heterocycles. The molecule has 0 saturated heterocycles. The first kappa shape index (κ1) is 15.7. The first-order valence-electron chi connectivity index (χ1n) is 5.17. The lowest BCUT2D eigenvalue weighted by atomic mass is 10.2. The monoisotopic (exact) mass is 343 g/mol. The van der Waals surface area contributed by atoms with Gasteiger partial charge in [-0.1, -0.05) is 0 Å². The van der Waals surface area contributed by atoms with E-state index < -0.39 is 25.4 Å². The zero-order chi connectivity index (χ0) is 14.5. The molecule has 0 saturated carbocycles. The minimum Gasteiger partial charge on any atom is -0.483 e. The normalized spacial score (nSPS) is 11.2. The highest BCUT2D eigenvalue weighted by Crippen LogP contribution is 2.28. The predicted octanol–water partition coefficient (Wildman–Crippen LogP) is 3.09. The third kappa shape index (κ3) is 5.46. The standard InChI is InChI=1S/C11H10BrF4NO2/c12-8-2-1-7(10(18)17-4-3-13)5-9(8)19-6-11(14,15)16/h1-2,5H,3-4,6H2,(H,17,18). The van der Waals surface area contributed by atoms with Crippen LogP contribution in [0.5, 0.6) is 5.75 Å². The summed E-state index contributed by atoms with van der Waals surface area (Å²) < 4.78 is 52.9. The minimum absolute atomic E-state index is 0.0915. The molecule has 19 heavy (non-hydrogen) atoms. The topological polar surface area (TPSA) is 38.3 Å². The summed E-state index contributed by atoms with van der Waals surface area (Å²) in [5, 5.41) is 2.26. The number of carbonyl (C=O) groups is 1. The van der Waals surface area contributed by atoms with Gasteiger partial charge in [0, 0.05) is 12.1 Å². The Balaban J connectivity index is 2.79. The molecule has 1 aromatic rings. The molecule has 8 heteroatoms. The first-order chi connectivity index (χ1) is 8.83. The molecule has 0 atom stereocenters. The Morgan fingerprint density at radius 3 is 2.63 bits per heavy atom. The summed E-state index contributed by atoms with van der Waals surface area (Å²) in [6, 6.07) is 3.93. The van der Waals surface area contributed by atoms with Crippen LogP contribution in [0.1, 0.15) is 10.4 Å². The van der Waals surface area contributed by atoms with Gasteiger partial charge in [0.15, 0.2) is 6.61 Å². The molecular weight excluding hydrogens is 334 g/mol. The summed E-state index contributed by atoms with van der Waals surface area (Å²) in [4.78, 5) is 11.5. The fourth-order valence-corrected chi connectivity index (χ4v) is 1.54. The molecule has 106 valence electrons. The number of hydrogen-bond donors (Lipinski definition) is 1. The van der Waals surface area contributed by atoms with E-state index in [0.29, 0.717) is 4.47 Å². The number of carbonyl (C=O) groups excluding carboxylic acids is 1. The van der Waals surface area contributed by atoms with E-state index in [4.69, 9.17) is 0 Å². The molecule has 0 heterocycles. The van der Waals surface area contributed by atoms with Gasteiger partial charge in [0.05, 0.1) is 4.47 Å². The second-order valence-electron chi connectivity index (χ2n) is 3.49. The van der Waals surface area contributed by atoms with Gasteiger partial charge in [-0.2, -0.15) is 13.2 Å². The second-order valence-corrected chi connectivity index (χ2v) is 4.35. The Hall–Kier alpha value is -1.31. The van der Waals surface area contributed by atoms with Gasteiger partial charge in [-0.3, -0.25) is 4.79 Å². The van der Waals surface area contributed by atoms with Gasteiger partial charge >= 0.3 is 6.18 Å². The van der Waals surface area contributed by atoms with Gasteiger partial charge in [0.25, 0.3) is 5.91 Å². The summed E-state index contributed by atoms with van der Waals surface area (Å²) >= 11 is 3.02. The van der Waals surface area contributed by atoms with E-state index in [-0.39, 0.29) is 17.9 Å². The lowest BCUT2D eigenvalue weighted by Crippen LogP contribution is -2.25. The maximum Gasteiger partial charge on any atom is 0.422 e. The summed E-state index contributed by atoms with van der Waals surface area (Å²) in [7, 11) is 0. The van der Waals surface area contributed by atoms with Crippen LogP contribution in [-0.2, 0) is 0 Å². The Labute approximate surface area is 115 Å². The van der Waals surface area contributed by atoms with Gasteiger partial charge in [0.1, 0.15) is 12.4 Å². The van der Waals surface area contributed by atoms with E-state index in [1.165, 1.54) is 12.1 Å². The number of benzene rings is 1. The van der Waals surface area contributed by atoms with Crippen LogP contribution in [0.2, 0.25) is 0 Å². The zero-order valence-electron chi connectivity index (χ0n) is 9.56. The van der Waals surface area contributed by atoms with Crippen molar-refractivity contribution in [2.75, 3.05) is 19.8 Å². The molecule has 3 nitrogen and oxygen atoms in total. The molecule has 1 N–H and O–H groups in total. The molecule has 1 rings (SSSR count). The molecule has 0 aliphatic rings. The SMILES string of the molecule is O=C(NCCF)c1ccc(Br)c(OCC(F)(F)F)c1. The van der Waals surface area contributed by atoms with Crippen molar-refractivity contribution >= 4 is 21.8 Å². The fraction of sp³-hybridized carbons (Fsp3) is 0.364. The molecule has 0 unspecified atom stereocenters. The van der Waals surface area contributed by atoms with Gasteiger partial charge in [-0.25, -0.2) is 4.39 Å². The van der Waals surface area contributed by atoms with Crippen LogP contribution in [0.4, 0.5) is 17.6 Å². The summed E-state index contributed by atoms with van der Waals surface area (Å²) in [5.74, 6) is -0.688. The van der Waals surface area contributed by atoms with Crippen LogP contribution in [0.15, 0.2) is 22.7 Å². The maximum atomic E-state index is 12.0. The van der Waals surface area contributed by atoms with Crippen molar-refractivity contribution in [1.82, 2.24) is 5.32 Å². The fourth-order valence-electron chi connectivity index (χ4n) is 1.18. The molecule has 0 bridgehead atoms. The number of hydrogen-bond acceptors (Lipinski definition) is 2. The van der Waals surface area contributed by atoms with Crippen LogP contribution in [0.3, 0.4) is 0 Å². The summed E-state index contributed by atoms with van der Waals surface area (Å²) in [6.07, 6.45) is -4.47. The Bertz CT molecular complexity index is 451. The Kier molecular flexibility index (Phi) is 5.59. The molecular formula is C11H10BrF4NO2. The number of nitrogens with one attached hydrogen (secondary N) is 1. The third-order valence-electron chi connectivity index (χ3n) is 1.96. The number of halogens is 5. The largest absolute Gasteiger partial charge is 0.483 e. The van der Waals surface area contributed by atoms with Crippen LogP contribution in [0.25, 0.3) is 0 Å². The van der Waals surface area contributed by atoms with E-state index in [9.17, 15) is 22.4 Å². The molecule has 0 fully saturated rings. The van der Waals surface area contributed by atoms with E-state index in [1.807, 2.05) is 0 Å². The van der Waals surface area contributed by atoms with Gasteiger partial charge < -0.3 is 10.1 Å². The van der Waals surface area contributed by atoms with Crippen molar-refractivity contribution < 1.29 is 27.1 Å². The molecule has 1 amide bonds. The van der Waals surface area contributed by atoms with E-state index in [0.717, 1.165) is 6.07 Å². The van der Waals surface area contributed by atoms with Crippen molar-refractivity contribution in [3.8, 4) is 5.75 Å².